The Morgan fingerprint density at radius 2 is 2.00 bits per heavy atom. The third-order valence-corrected chi connectivity index (χ3v) is 4.91. The maximum Gasteiger partial charge on any atom is 0.229 e. The second kappa shape index (κ2) is 7.92. The second-order valence-corrected chi connectivity index (χ2v) is 6.55. The minimum absolute atomic E-state index is 0.0198. The van der Waals surface area contributed by atoms with Gasteiger partial charge in [-0.15, -0.1) is 0 Å². The van der Waals surface area contributed by atoms with Crippen molar-refractivity contribution in [3.63, 3.8) is 0 Å². The Morgan fingerprint density at radius 3 is 2.67 bits per heavy atom. The molecule has 0 bridgehead atoms. The number of anilines is 1. The van der Waals surface area contributed by atoms with Gasteiger partial charge in [0.05, 0.1) is 30.7 Å². The number of piperidine rings is 1. The van der Waals surface area contributed by atoms with Gasteiger partial charge < -0.3 is 15.0 Å². The number of nitrogens with zero attached hydrogens (tertiary/aromatic N) is 2. The van der Waals surface area contributed by atoms with Crippen molar-refractivity contribution in [2.75, 3.05) is 19.5 Å². The molecule has 2 atom stereocenters. The minimum Gasteiger partial charge on any atom is -0.497 e. The van der Waals surface area contributed by atoms with Crippen molar-refractivity contribution in [2.45, 2.75) is 18.9 Å². The van der Waals surface area contributed by atoms with Gasteiger partial charge in [0.15, 0.2) is 0 Å². The molecule has 1 saturated heterocycles. The van der Waals surface area contributed by atoms with Gasteiger partial charge in [-0.3, -0.25) is 9.59 Å². The maximum atomic E-state index is 13.0. The fourth-order valence-electron chi connectivity index (χ4n) is 3.47. The molecule has 2 amide bonds. The molecule has 1 aliphatic rings. The van der Waals surface area contributed by atoms with Gasteiger partial charge in [0, 0.05) is 19.2 Å². The van der Waals surface area contributed by atoms with Crippen molar-refractivity contribution >= 4 is 17.5 Å². The number of amides is 2. The summed E-state index contributed by atoms with van der Waals surface area (Å²) in [6.07, 6.45) is 0.809. The molecule has 0 aromatic heterocycles. The van der Waals surface area contributed by atoms with Crippen LogP contribution < -0.4 is 10.1 Å². The highest BCUT2D eigenvalue weighted by atomic mass is 16.5. The number of carbonyl (C=O) groups excluding carboxylic acids is 2. The lowest BCUT2D eigenvalue weighted by molar-refractivity contribution is -0.140. The third kappa shape index (κ3) is 3.93. The van der Waals surface area contributed by atoms with E-state index in [1.54, 1.807) is 43.3 Å². The minimum atomic E-state index is -0.383. The van der Waals surface area contributed by atoms with Crippen LogP contribution in [0.5, 0.6) is 5.75 Å². The van der Waals surface area contributed by atoms with E-state index in [0.717, 1.165) is 11.3 Å². The average Bonchev–Trinajstić information content (AvgIpc) is 2.70. The molecular formula is C21H21N3O3. The van der Waals surface area contributed by atoms with Crippen LogP contribution in [0.2, 0.25) is 0 Å². The topological polar surface area (TPSA) is 82.4 Å². The van der Waals surface area contributed by atoms with Gasteiger partial charge in [0.1, 0.15) is 5.75 Å². The van der Waals surface area contributed by atoms with Crippen molar-refractivity contribution in [2.24, 2.45) is 5.92 Å². The lowest BCUT2D eigenvalue weighted by Crippen LogP contribution is -2.44. The zero-order valence-electron chi connectivity index (χ0n) is 15.3. The van der Waals surface area contributed by atoms with Crippen LogP contribution in [-0.2, 0) is 9.59 Å². The number of hydrogen-bond donors (Lipinski definition) is 1. The summed E-state index contributed by atoms with van der Waals surface area (Å²) in [6, 6.07) is 15.9. The van der Waals surface area contributed by atoms with Crippen molar-refractivity contribution in [1.82, 2.24) is 4.90 Å². The first-order valence-electron chi connectivity index (χ1n) is 8.74. The van der Waals surface area contributed by atoms with Crippen LogP contribution in [0.15, 0.2) is 48.5 Å². The van der Waals surface area contributed by atoms with Crippen LogP contribution in [0.25, 0.3) is 0 Å². The Bertz CT molecular complexity index is 886. The van der Waals surface area contributed by atoms with Crippen LogP contribution in [0.3, 0.4) is 0 Å². The SMILES string of the molecule is COc1ccc([C@H]2[C@@H](C(=O)Nc3cccc(C#N)c3)CCC(=O)N2C)cc1. The van der Waals surface area contributed by atoms with Gasteiger partial charge in [0.2, 0.25) is 11.8 Å². The number of nitriles is 1. The predicted molar refractivity (Wildman–Crippen MR) is 101 cm³/mol. The quantitative estimate of drug-likeness (QED) is 0.905. The van der Waals surface area contributed by atoms with Gasteiger partial charge in [-0.25, -0.2) is 0 Å². The van der Waals surface area contributed by atoms with Crippen molar-refractivity contribution < 1.29 is 14.3 Å². The molecule has 1 aliphatic heterocycles. The predicted octanol–water partition coefficient (Wildman–Crippen LogP) is 3.12. The largest absolute Gasteiger partial charge is 0.497 e. The average molecular weight is 363 g/mol. The number of nitrogens with one attached hydrogen (secondary N) is 1. The summed E-state index contributed by atoms with van der Waals surface area (Å²) in [5, 5.41) is 11.9. The molecule has 0 saturated carbocycles. The van der Waals surface area contributed by atoms with Crippen LogP contribution in [0.1, 0.15) is 30.0 Å². The Hall–Kier alpha value is -3.33. The third-order valence-electron chi connectivity index (χ3n) is 4.91. The van der Waals surface area contributed by atoms with E-state index in [1.807, 2.05) is 24.3 Å². The first kappa shape index (κ1) is 18.5. The summed E-state index contributed by atoms with van der Waals surface area (Å²) in [7, 11) is 3.32. The fourth-order valence-corrected chi connectivity index (χ4v) is 3.47. The van der Waals surface area contributed by atoms with E-state index in [4.69, 9.17) is 10.00 Å². The molecule has 0 radical (unpaired) electrons. The monoisotopic (exact) mass is 363 g/mol. The van der Waals surface area contributed by atoms with Crippen LogP contribution >= 0.6 is 0 Å². The highest BCUT2D eigenvalue weighted by Gasteiger charge is 2.38. The molecule has 1 N–H and O–H groups in total. The molecule has 27 heavy (non-hydrogen) atoms. The number of methoxy groups -OCH3 is 1. The Kier molecular flexibility index (Phi) is 5.41. The van der Waals surface area contributed by atoms with Gasteiger partial charge in [-0.05, 0) is 42.3 Å². The number of rotatable bonds is 4. The van der Waals surface area contributed by atoms with E-state index in [1.165, 1.54) is 0 Å². The molecule has 1 fully saturated rings. The Morgan fingerprint density at radius 1 is 1.26 bits per heavy atom. The Labute approximate surface area is 158 Å². The van der Waals surface area contributed by atoms with E-state index in [-0.39, 0.29) is 23.8 Å². The molecule has 138 valence electrons. The highest BCUT2D eigenvalue weighted by Crippen LogP contribution is 2.37. The standard InChI is InChI=1S/C21H21N3O3/c1-24-19(25)11-10-18(20(24)15-6-8-17(27-2)9-7-15)21(26)23-16-5-3-4-14(12-16)13-22/h3-9,12,18,20H,10-11H2,1-2H3,(H,23,26)/t18-,20-/m0/s1. The van der Waals surface area contributed by atoms with E-state index >= 15 is 0 Å². The molecule has 2 aromatic carbocycles. The molecule has 2 aromatic rings. The molecule has 6 nitrogen and oxygen atoms in total. The Balaban J connectivity index is 1.87. The molecule has 0 aliphatic carbocycles. The number of carbonyl (C=O) groups is 2. The van der Waals surface area contributed by atoms with E-state index in [2.05, 4.69) is 11.4 Å². The van der Waals surface area contributed by atoms with Crippen LogP contribution in [0.4, 0.5) is 5.69 Å². The summed E-state index contributed by atoms with van der Waals surface area (Å²) in [6.45, 7) is 0. The second-order valence-electron chi connectivity index (χ2n) is 6.55. The summed E-state index contributed by atoms with van der Waals surface area (Å²) >= 11 is 0. The lowest BCUT2D eigenvalue weighted by Gasteiger charge is -2.38. The number of hydrogen-bond acceptors (Lipinski definition) is 4. The first-order valence-corrected chi connectivity index (χ1v) is 8.74. The summed E-state index contributed by atoms with van der Waals surface area (Å²) in [5.41, 5.74) is 1.94. The van der Waals surface area contributed by atoms with Crippen LogP contribution in [0, 0.1) is 17.2 Å². The first-order chi connectivity index (χ1) is 13.0. The van der Waals surface area contributed by atoms with Gasteiger partial charge in [-0.2, -0.15) is 5.26 Å². The van der Waals surface area contributed by atoms with E-state index < -0.39 is 0 Å². The normalized spacial score (nSPS) is 19.3. The van der Waals surface area contributed by atoms with E-state index in [0.29, 0.717) is 24.1 Å². The van der Waals surface area contributed by atoms with E-state index in [9.17, 15) is 9.59 Å². The summed E-state index contributed by atoms with van der Waals surface area (Å²) in [4.78, 5) is 26.9. The van der Waals surface area contributed by atoms with Gasteiger partial charge >= 0.3 is 0 Å². The summed E-state index contributed by atoms with van der Waals surface area (Å²) < 4.78 is 5.19. The molecule has 6 heteroatoms. The maximum absolute atomic E-state index is 13.0. The number of ether oxygens (including phenoxy) is 1. The number of likely N-dealkylation sites (tertiary alicyclic amines) is 1. The van der Waals surface area contributed by atoms with Crippen molar-refractivity contribution in [1.29, 1.82) is 5.26 Å². The zero-order chi connectivity index (χ0) is 19.4. The molecule has 3 rings (SSSR count). The number of benzene rings is 2. The van der Waals surface area contributed by atoms with Crippen molar-refractivity contribution in [3.05, 3.63) is 59.7 Å². The van der Waals surface area contributed by atoms with Crippen LogP contribution in [-0.4, -0.2) is 30.9 Å². The molecule has 1 heterocycles. The van der Waals surface area contributed by atoms with Gasteiger partial charge in [0.25, 0.3) is 0 Å². The molecule has 0 unspecified atom stereocenters. The fraction of sp³-hybridized carbons (Fsp3) is 0.286. The zero-order valence-corrected chi connectivity index (χ0v) is 15.3. The smallest absolute Gasteiger partial charge is 0.229 e. The highest BCUT2D eigenvalue weighted by molar-refractivity contribution is 5.94. The molecule has 0 spiro atoms. The summed E-state index contributed by atoms with van der Waals surface area (Å²) in [5.74, 6) is 0.196. The molecular weight excluding hydrogens is 342 g/mol. The van der Waals surface area contributed by atoms with Crippen molar-refractivity contribution in [3.8, 4) is 11.8 Å². The van der Waals surface area contributed by atoms with Gasteiger partial charge in [-0.1, -0.05) is 18.2 Å². The lowest BCUT2D eigenvalue weighted by atomic mass is 9.84.